The number of aromatic nitrogens is 5. The molecular formula is C24H17ClFN5O2S. The van der Waals surface area contributed by atoms with E-state index in [0.29, 0.717) is 39.0 Å². The number of halogens is 2. The first-order chi connectivity index (χ1) is 16.7. The molecule has 0 radical (unpaired) electrons. The minimum absolute atomic E-state index is 0.0423. The quantitative estimate of drug-likeness (QED) is 0.246. The summed E-state index contributed by atoms with van der Waals surface area (Å²) in [6.07, 6.45) is 0. The summed E-state index contributed by atoms with van der Waals surface area (Å²) in [6, 6.07) is 23.2. The van der Waals surface area contributed by atoms with Gasteiger partial charge in [-0.3, -0.25) is 4.57 Å². The standard InChI is InChI=1S/C24H17ClFN5O2S/c25-18-11-5-4-10-17(18)23-27-22(33-30-23)15-34-24-29-28-21(31(24)16-8-2-1-3-9-16)14-32-20-13-7-6-12-19(20)26/h1-13H,14-15H2. The van der Waals surface area contributed by atoms with Crippen LogP contribution in [0.1, 0.15) is 11.7 Å². The molecule has 0 unspecified atom stereocenters. The third kappa shape index (κ3) is 4.80. The van der Waals surface area contributed by atoms with E-state index < -0.39 is 5.82 Å². The first-order valence-corrected chi connectivity index (χ1v) is 11.6. The summed E-state index contributed by atoms with van der Waals surface area (Å²) in [5.41, 5.74) is 1.55. The zero-order chi connectivity index (χ0) is 23.3. The van der Waals surface area contributed by atoms with Gasteiger partial charge in [0.2, 0.25) is 11.7 Å². The van der Waals surface area contributed by atoms with Crippen LogP contribution in [0.25, 0.3) is 17.1 Å². The van der Waals surface area contributed by atoms with Crippen molar-refractivity contribution in [2.24, 2.45) is 0 Å². The van der Waals surface area contributed by atoms with Gasteiger partial charge in [-0.15, -0.1) is 10.2 Å². The average Bonchev–Trinajstić information content (AvgIpc) is 3.50. The molecule has 0 bridgehead atoms. The van der Waals surface area contributed by atoms with Gasteiger partial charge in [-0.2, -0.15) is 4.98 Å². The molecule has 5 rings (SSSR count). The van der Waals surface area contributed by atoms with Gasteiger partial charge in [-0.25, -0.2) is 4.39 Å². The highest BCUT2D eigenvalue weighted by molar-refractivity contribution is 7.98. The monoisotopic (exact) mass is 493 g/mol. The van der Waals surface area contributed by atoms with E-state index in [1.165, 1.54) is 17.8 Å². The first-order valence-electron chi connectivity index (χ1n) is 10.3. The summed E-state index contributed by atoms with van der Waals surface area (Å²) >= 11 is 7.62. The highest BCUT2D eigenvalue weighted by atomic mass is 35.5. The van der Waals surface area contributed by atoms with Crippen LogP contribution in [0.3, 0.4) is 0 Å². The second kappa shape index (κ2) is 10.1. The Bertz CT molecular complexity index is 1410. The Kier molecular flexibility index (Phi) is 6.55. The Hall–Kier alpha value is -3.69. The van der Waals surface area contributed by atoms with Crippen molar-refractivity contribution >= 4 is 23.4 Å². The van der Waals surface area contributed by atoms with Gasteiger partial charge < -0.3 is 9.26 Å². The van der Waals surface area contributed by atoms with Crippen LogP contribution in [-0.4, -0.2) is 24.9 Å². The fourth-order valence-electron chi connectivity index (χ4n) is 3.22. The second-order valence-corrected chi connectivity index (χ2v) is 8.42. The largest absolute Gasteiger partial charge is 0.483 e. The van der Waals surface area contributed by atoms with Crippen LogP contribution in [0.15, 0.2) is 88.5 Å². The summed E-state index contributed by atoms with van der Waals surface area (Å²) in [7, 11) is 0. The number of hydrogen-bond donors (Lipinski definition) is 0. The molecule has 2 heterocycles. The molecule has 3 aromatic carbocycles. The van der Waals surface area contributed by atoms with Crippen molar-refractivity contribution in [1.29, 1.82) is 0 Å². The van der Waals surface area contributed by atoms with Crippen molar-refractivity contribution in [3.8, 4) is 22.8 Å². The van der Waals surface area contributed by atoms with E-state index in [0.717, 1.165) is 5.69 Å². The molecule has 0 atom stereocenters. The van der Waals surface area contributed by atoms with E-state index in [1.54, 1.807) is 24.3 Å². The molecule has 0 saturated heterocycles. The van der Waals surface area contributed by atoms with Gasteiger partial charge in [0.1, 0.15) is 6.61 Å². The van der Waals surface area contributed by atoms with Crippen LogP contribution in [0.2, 0.25) is 5.02 Å². The maximum Gasteiger partial charge on any atom is 0.237 e. The van der Waals surface area contributed by atoms with Crippen LogP contribution < -0.4 is 4.74 Å². The van der Waals surface area contributed by atoms with Gasteiger partial charge in [0, 0.05) is 11.3 Å². The fraction of sp³-hybridized carbons (Fsp3) is 0.0833. The Labute approximate surface area is 203 Å². The Morgan fingerprint density at radius 3 is 2.53 bits per heavy atom. The molecule has 2 aromatic heterocycles. The minimum Gasteiger partial charge on any atom is -0.483 e. The van der Waals surface area contributed by atoms with Crippen LogP contribution in [-0.2, 0) is 12.4 Å². The maximum atomic E-state index is 14.0. The number of ether oxygens (including phenoxy) is 1. The third-order valence-electron chi connectivity index (χ3n) is 4.82. The Morgan fingerprint density at radius 2 is 1.71 bits per heavy atom. The Balaban J connectivity index is 1.37. The number of nitrogens with zero attached hydrogens (tertiary/aromatic N) is 5. The molecule has 0 spiro atoms. The van der Waals surface area contributed by atoms with E-state index in [2.05, 4.69) is 20.3 Å². The molecule has 0 aliphatic carbocycles. The van der Waals surface area contributed by atoms with Gasteiger partial charge in [-0.05, 0) is 36.4 Å². The second-order valence-electron chi connectivity index (χ2n) is 7.07. The maximum absolute atomic E-state index is 14.0. The molecule has 170 valence electrons. The average molecular weight is 494 g/mol. The van der Waals surface area contributed by atoms with Crippen LogP contribution in [0.5, 0.6) is 5.75 Å². The zero-order valence-electron chi connectivity index (χ0n) is 17.6. The van der Waals surface area contributed by atoms with Crippen LogP contribution in [0, 0.1) is 5.82 Å². The van der Waals surface area contributed by atoms with Crippen molar-refractivity contribution in [2.75, 3.05) is 0 Å². The van der Waals surface area contributed by atoms with Crippen molar-refractivity contribution in [1.82, 2.24) is 24.9 Å². The van der Waals surface area contributed by atoms with Crippen LogP contribution in [0.4, 0.5) is 4.39 Å². The van der Waals surface area contributed by atoms with Crippen molar-refractivity contribution in [3.05, 3.63) is 101 Å². The molecule has 0 aliphatic heterocycles. The van der Waals surface area contributed by atoms with Crippen LogP contribution >= 0.6 is 23.4 Å². The van der Waals surface area contributed by atoms with Gasteiger partial charge in [0.25, 0.3) is 0 Å². The van der Waals surface area contributed by atoms with E-state index in [9.17, 15) is 4.39 Å². The molecular weight excluding hydrogens is 477 g/mol. The predicted octanol–water partition coefficient (Wildman–Crippen LogP) is 5.98. The summed E-state index contributed by atoms with van der Waals surface area (Å²) < 4.78 is 26.9. The fourth-order valence-corrected chi connectivity index (χ4v) is 4.25. The van der Waals surface area contributed by atoms with Crippen molar-refractivity contribution < 1.29 is 13.7 Å². The van der Waals surface area contributed by atoms with Gasteiger partial charge in [0.05, 0.1) is 10.8 Å². The highest BCUT2D eigenvalue weighted by Gasteiger charge is 2.18. The molecule has 0 fully saturated rings. The molecule has 0 saturated carbocycles. The molecule has 10 heteroatoms. The lowest BCUT2D eigenvalue weighted by molar-refractivity contribution is 0.278. The lowest BCUT2D eigenvalue weighted by atomic mass is 10.2. The van der Waals surface area contributed by atoms with Crippen molar-refractivity contribution in [3.63, 3.8) is 0 Å². The number of thioether (sulfide) groups is 1. The molecule has 0 N–H and O–H groups in total. The zero-order valence-corrected chi connectivity index (χ0v) is 19.2. The predicted molar refractivity (Wildman–Crippen MR) is 126 cm³/mol. The van der Waals surface area contributed by atoms with E-state index >= 15 is 0 Å². The van der Waals surface area contributed by atoms with E-state index in [-0.39, 0.29) is 12.4 Å². The first kappa shape index (κ1) is 22.1. The third-order valence-corrected chi connectivity index (χ3v) is 6.06. The minimum atomic E-state index is -0.436. The van der Waals surface area contributed by atoms with E-state index in [1.807, 2.05) is 53.1 Å². The molecule has 0 amide bonds. The normalized spacial score (nSPS) is 11.0. The lowest BCUT2D eigenvalue weighted by Gasteiger charge is -2.11. The van der Waals surface area contributed by atoms with Crippen molar-refractivity contribution in [2.45, 2.75) is 17.5 Å². The molecule has 7 nitrogen and oxygen atoms in total. The number of benzene rings is 3. The topological polar surface area (TPSA) is 78.9 Å². The molecule has 0 aliphatic rings. The summed E-state index contributed by atoms with van der Waals surface area (Å²) in [5, 5.41) is 13.8. The Morgan fingerprint density at radius 1 is 0.941 bits per heavy atom. The SMILES string of the molecule is Fc1ccccc1OCc1nnc(SCc2nc(-c3ccccc3Cl)no2)n1-c1ccccc1. The van der Waals surface area contributed by atoms with Gasteiger partial charge in [0.15, 0.2) is 22.5 Å². The number of rotatable bonds is 8. The smallest absolute Gasteiger partial charge is 0.237 e. The van der Waals surface area contributed by atoms with E-state index in [4.69, 9.17) is 20.9 Å². The molecule has 5 aromatic rings. The highest BCUT2D eigenvalue weighted by Crippen LogP contribution is 2.28. The summed E-state index contributed by atoms with van der Waals surface area (Å²) in [5.74, 6) is 1.46. The summed E-state index contributed by atoms with van der Waals surface area (Å²) in [6.45, 7) is 0.0423. The van der Waals surface area contributed by atoms with Gasteiger partial charge in [-0.1, -0.05) is 71.0 Å². The lowest BCUT2D eigenvalue weighted by Crippen LogP contribution is -2.07. The van der Waals surface area contributed by atoms with Gasteiger partial charge >= 0.3 is 0 Å². The number of para-hydroxylation sites is 2. The molecule has 34 heavy (non-hydrogen) atoms. The number of hydrogen-bond acceptors (Lipinski definition) is 7. The summed E-state index contributed by atoms with van der Waals surface area (Å²) in [4.78, 5) is 4.44.